The minimum absolute atomic E-state index is 0.292. The molecule has 1 aromatic carbocycles. The molecule has 0 bridgehead atoms. The highest BCUT2D eigenvalue weighted by Gasteiger charge is 2.46. The Labute approximate surface area is 116 Å². The van der Waals surface area contributed by atoms with E-state index in [0.29, 0.717) is 29.9 Å². The highest BCUT2D eigenvalue weighted by atomic mass is 16.5. The van der Waals surface area contributed by atoms with Crippen LogP contribution in [-0.4, -0.2) is 36.7 Å². The first-order valence-corrected chi connectivity index (χ1v) is 6.30. The van der Waals surface area contributed by atoms with Gasteiger partial charge in [0.2, 0.25) is 0 Å². The van der Waals surface area contributed by atoms with Gasteiger partial charge in [-0.3, -0.25) is 4.79 Å². The van der Waals surface area contributed by atoms with Gasteiger partial charge in [-0.15, -0.1) is 0 Å². The van der Waals surface area contributed by atoms with Crippen molar-refractivity contribution in [2.75, 3.05) is 14.2 Å². The largest absolute Gasteiger partial charge is 0.497 e. The molecule has 0 aliphatic heterocycles. The fourth-order valence-corrected chi connectivity index (χ4v) is 2.19. The normalized spacial score (nSPS) is 15.9. The number of rotatable bonds is 5. The van der Waals surface area contributed by atoms with Crippen molar-refractivity contribution in [2.45, 2.75) is 24.8 Å². The molecule has 6 heteroatoms. The molecule has 2 N–H and O–H groups in total. The number of hydrogen-bond donors (Lipinski definition) is 2. The van der Waals surface area contributed by atoms with Gasteiger partial charge in [-0.25, -0.2) is 4.79 Å². The van der Waals surface area contributed by atoms with Crippen LogP contribution in [0.3, 0.4) is 0 Å². The van der Waals surface area contributed by atoms with Gasteiger partial charge in [-0.2, -0.15) is 0 Å². The molecule has 1 amide bonds. The molecule has 6 nitrogen and oxygen atoms in total. The zero-order chi connectivity index (χ0) is 14.8. The van der Waals surface area contributed by atoms with Crippen LogP contribution in [0.2, 0.25) is 0 Å². The van der Waals surface area contributed by atoms with Gasteiger partial charge in [0.1, 0.15) is 17.0 Å². The summed E-state index contributed by atoms with van der Waals surface area (Å²) in [7, 11) is 2.96. The fourth-order valence-electron chi connectivity index (χ4n) is 2.19. The molecule has 0 spiro atoms. The highest BCUT2D eigenvalue weighted by Crippen LogP contribution is 2.33. The third kappa shape index (κ3) is 2.41. The van der Waals surface area contributed by atoms with E-state index in [1.165, 1.54) is 14.2 Å². The van der Waals surface area contributed by atoms with Crippen molar-refractivity contribution in [3.05, 3.63) is 23.8 Å². The molecule has 0 radical (unpaired) electrons. The molecule has 20 heavy (non-hydrogen) atoms. The zero-order valence-corrected chi connectivity index (χ0v) is 11.4. The van der Waals surface area contributed by atoms with E-state index in [1.54, 1.807) is 18.2 Å². The van der Waals surface area contributed by atoms with Gasteiger partial charge in [0.15, 0.2) is 0 Å². The van der Waals surface area contributed by atoms with E-state index in [-0.39, 0.29) is 0 Å². The lowest BCUT2D eigenvalue weighted by molar-refractivity contribution is -0.148. The Hall–Kier alpha value is -2.24. The zero-order valence-electron chi connectivity index (χ0n) is 11.4. The van der Waals surface area contributed by atoms with E-state index in [1.807, 2.05) is 0 Å². The number of methoxy groups -OCH3 is 2. The van der Waals surface area contributed by atoms with Crippen LogP contribution in [0.15, 0.2) is 18.2 Å². The van der Waals surface area contributed by atoms with Crippen LogP contribution in [0, 0.1) is 0 Å². The van der Waals surface area contributed by atoms with E-state index in [9.17, 15) is 14.7 Å². The number of hydrogen-bond acceptors (Lipinski definition) is 4. The van der Waals surface area contributed by atoms with Crippen molar-refractivity contribution in [2.24, 2.45) is 0 Å². The Morgan fingerprint density at radius 1 is 1.25 bits per heavy atom. The summed E-state index contributed by atoms with van der Waals surface area (Å²) in [4.78, 5) is 23.5. The lowest BCUT2D eigenvalue weighted by Crippen LogP contribution is -2.59. The summed E-state index contributed by atoms with van der Waals surface area (Å²) in [5, 5.41) is 11.8. The van der Waals surface area contributed by atoms with E-state index in [4.69, 9.17) is 9.47 Å². The van der Waals surface area contributed by atoms with Gasteiger partial charge in [0, 0.05) is 6.07 Å². The summed E-state index contributed by atoms with van der Waals surface area (Å²) < 4.78 is 10.2. The maximum absolute atomic E-state index is 12.2. The van der Waals surface area contributed by atoms with Gasteiger partial charge in [-0.1, -0.05) is 0 Å². The number of carboxylic acids is 1. The van der Waals surface area contributed by atoms with Crippen LogP contribution in [0.25, 0.3) is 0 Å². The maximum Gasteiger partial charge on any atom is 0.329 e. The molecule has 108 valence electrons. The lowest BCUT2D eigenvalue weighted by Gasteiger charge is -2.38. The van der Waals surface area contributed by atoms with Crippen LogP contribution >= 0.6 is 0 Å². The van der Waals surface area contributed by atoms with Crippen LogP contribution < -0.4 is 14.8 Å². The van der Waals surface area contributed by atoms with E-state index >= 15 is 0 Å². The molecular formula is C14H17NO5. The summed E-state index contributed by atoms with van der Waals surface area (Å²) in [5.41, 5.74) is -0.844. The third-order valence-corrected chi connectivity index (χ3v) is 3.62. The predicted octanol–water partition coefficient (Wildman–Crippen LogP) is 1.44. The lowest BCUT2D eigenvalue weighted by atomic mass is 9.76. The first-order valence-electron chi connectivity index (χ1n) is 6.30. The smallest absolute Gasteiger partial charge is 0.329 e. The summed E-state index contributed by atoms with van der Waals surface area (Å²) in [6, 6.07) is 4.77. The molecule has 2 rings (SSSR count). The maximum atomic E-state index is 12.2. The van der Waals surface area contributed by atoms with E-state index in [0.717, 1.165) is 6.42 Å². The monoisotopic (exact) mass is 279 g/mol. The predicted molar refractivity (Wildman–Crippen MR) is 71.2 cm³/mol. The van der Waals surface area contributed by atoms with Gasteiger partial charge >= 0.3 is 5.97 Å². The Morgan fingerprint density at radius 3 is 2.40 bits per heavy atom. The Kier molecular flexibility index (Phi) is 3.83. The van der Waals surface area contributed by atoms with Gasteiger partial charge in [0.25, 0.3) is 5.91 Å². The molecule has 1 aromatic rings. The standard InChI is InChI=1S/C14H17NO5/c1-19-9-4-5-10(11(8-9)20-2)12(16)15-14(13(17)18)6-3-7-14/h4-5,8H,3,6-7H2,1-2H3,(H,15,16)(H,17,18). The number of nitrogens with one attached hydrogen (secondary N) is 1. The second-order valence-electron chi connectivity index (χ2n) is 4.76. The van der Waals surface area contributed by atoms with Crippen molar-refractivity contribution >= 4 is 11.9 Å². The van der Waals surface area contributed by atoms with Crippen LogP contribution in [0.5, 0.6) is 11.5 Å². The molecule has 1 aliphatic rings. The molecular weight excluding hydrogens is 262 g/mol. The first-order chi connectivity index (χ1) is 9.52. The minimum atomic E-state index is -1.14. The van der Waals surface area contributed by atoms with E-state index < -0.39 is 17.4 Å². The second kappa shape index (κ2) is 5.40. The molecule has 0 atom stereocenters. The Balaban J connectivity index is 2.23. The third-order valence-electron chi connectivity index (χ3n) is 3.62. The molecule has 0 heterocycles. The summed E-state index contributed by atoms with van der Waals surface area (Å²) in [5.74, 6) is -0.534. The summed E-state index contributed by atoms with van der Waals surface area (Å²) in [6.45, 7) is 0. The quantitative estimate of drug-likeness (QED) is 0.852. The van der Waals surface area contributed by atoms with Gasteiger partial charge in [-0.05, 0) is 31.4 Å². The number of carbonyl (C=O) groups is 2. The van der Waals surface area contributed by atoms with Crippen molar-refractivity contribution in [3.8, 4) is 11.5 Å². The minimum Gasteiger partial charge on any atom is -0.497 e. The molecule has 0 saturated heterocycles. The summed E-state index contributed by atoms with van der Waals surface area (Å²) in [6.07, 6.45) is 1.70. The number of carbonyl (C=O) groups excluding carboxylic acids is 1. The first kappa shape index (κ1) is 14.2. The van der Waals surface area contributed by atoms with Gasteiger partial charge < -0.3 is 19.9 Å². The molecule has 1 aliphatic carbocycles. The van der Waals surface area contributed by atoms with Crippen LogP contribution in [0.1, 0.15) is 29.6 Å². The SMILES string of the molecule is COc1ccc(C(=O)NC2(C(=O)O)CCC2)c(OC)c1. The number of ether oxygens (including phenoxy) is 2. The molecule has 0 unspecified atom stereocenters. The van der Waals surface area contributed by atoms with Gasteiger partial charge in [0.05, 0.1) is 19.8 Å². The van der Waals surface area contributed by atoms with Crippen LogP contribution in [-0.2, 0) is 4.79 Å². The molecule has 1 saturated carbocycles. The number of benzene rings is 1. The molecule has 0 aromatic heterocycles. The Morgan fingerprint density at radius 2 is 1.95 bits per heavy atom. The average Bonchev–Trinajstić information content (AvgIpc) is 2.41. The van der Waals surface area contributed by atoms with Crippen LogP contribution in [0.4, 0.5) is 0 Å². The highest BCUT2D eigenvalue weighted by molar-refractivity contribution is 6.00. The van der Waals surface area contributed by atoms with Crippen molar-refractivity contribution in [3.63, 3.8) is 0 Å². The van der Waals surface area contributed by atoms with E-state index in [2.05, 4.69) is 5.32 Å². The number of carboxylic acid groups (broad SMARTS) is 1. The average molecular weight is 279 g/mol. The van der Waals surface area contributed by atoms with Crippen molar-refractivity contribution in [1.29, 1.82) is 0 Å². The van der Waals surface area contributed by atoms with Crippen molar-refractivity contribution < 1.29 is 24.2 Å². The molecule has 1 fully saturated rings. The van der Waals surface area contributed by atoms with Crippen molar-refractivity contribution in [1.82, 2.24) is 5.32 Å². The number of amides is 1. The number of aliphatic carboxylic acids is 1. The summed E-state index contributed by atoms with van der Waals surface area (Å²) >= 11 is 0. The topological polar surface area (TPSA) is 84.9 Å². The fraction of sp³-hybridized carbons (Fsp3) is 0.429. The Bertz CT molecular complexity index is 536. The second-order valence-corrected chi connectivity index (χ2v) is 4.76.